The molecular formula is C17H24N2. The first-order valence-corrected chi connectivity index (χ1v) is 7.86. The van der Waals surface area contributed by atoms with Crippen LogP contribution in [0.15, 0.2) is 18.5 Å². The van der Waals surface area contributed by atoms with Gasteiger partial charge in [0, 0.05) is 24.5 Å². The molecule has 2 heteroatoms. The van der Waals surface area contributed by atoms with Crippen molar-refractivity contribution in [3.8, 4) is 0 Å². The summed E-state index contributed by atoms with van der Waals surface area (Å²) in [7, 11) is 0. The highest BCUT2D eigenvalue weighted by Crippen LogP contribution is 2.55. The zero-order valence-electron chi connectivity index (χ0n) is 11.9. The summed E-state index contributed by atoms with van der Waals surface area (Å²) in [5.41, 5.74) is 3.08. The highest BCUT2D eigenvalue weighted by atomic mass is 15.0. The topological polar surface area (TPSA) is 24.9 Å². The average molecular weight is 256 g/mol. The van der Waals surface area contributed by atoms with Gasteiger partial charge in [0.25, 0.3) is 0 Å². The van der Waals surface area contributed by atoms with Crippen molar-refractivity contribution in [3.05, 3.63) is 29.6 Å². The third kappa shape index (κ3) is 2.20. The summed E-state index contributed by atoms with van der Waals surface area (Å²) in [6.07, 6.45) is 12.8. The molecule has 0 amide bonds. The van der Waals surface area contributed by atoms with Crippen LogP contribution < -0.4 is 5.32 Å². The van der Waals surface area contributed by atoms with Gasteiger partial charge in [0.15, 0.2) is 0 Å². The molecule has 102 valence electrons. The molecule has 0 aliphatic heterocycles. The van der Waals surface area contributed by atoms with E-state index in [4.69, 9.17) is 0 Å². The van der Waals surface area contributed by atoms with Gasteiger partial charge < -0.3 is 5.32 Å². The van der Waals surface area contributed by atoms with Gasteiger partial charge in [0.2, 0.25) is 0 Å². The Labute approximate surface area is 116 Å². The number of nitrogens with one attached hydrogen (secondary N) is 1. The van der Waals surface area contributed by atoms with Gasteiger partial charge >= 0.3 is 0 Å². The lowest BCUT2D eigenvalue weighted by atomic mass is 9.53. The standard InChI is InChI=1S/C17H24N2/c1-12-2-16(10-18-9-12)11-19-17-6-13-3-14(7-17)5-15(4-13)8-17/h2,9-10,13-15,19H,3-8,11H2,1H3. The van der Waals surface area contributed by atoms with Crippen LogP contribution in [0.2, 0.25) is 0 Å². The number of nitrogens with zero attached hydrogens (tertiary/aromatic N) is 1. The molecule has 2 nitrogen and oxygen atoms in total. The van der Waals surface area contributed by atoms with Gasteiger partial charge in [-0.15, -0.1) is 0 Å². The van der Waals surface area contributed by atoms with Crippen LogP contribution in [0.1, 0.15) is 49.7 Å². The largest absolute Gasteiger partial charge is 0.307 e. The van der Waals surface area contributed by atoms with Crippen LogP contribution in [0.3, 0.4) is 0 Å². The second-order valence-electron chi connectivity index (χ2n) is 7.42. The van der Waals surface area contributed by atoms with E-state index in [1.54, 1.807) is 0 Å². The van der Waals surface area contributed by atoms with E-state index in [0.717, 1.165) is 24.3 Å². The van der Waals surface area contributed by atoms with Crippen LogP contribution in [0, 0.1) is 24.7 Å². The van der Waals surface area contributed by atoms with Crippen LogP contribution in [-0.4, -0.2) is 10.5 Å². The van der Waals surface area contributed by atoms with Crippen LogP contribution in [-0.2, 0) is 6.54 Å². The maximum Gasteiger partial charge on any atom is 0.0313 e. The van der Waals surface area contributed by atoms with Crippen molar-refractivity contribution in [2.75, 3.05) is 0 Å². The third-order valence-electron chi connectivity index (χ3n) is 5.64. The molecule has 0 spiro atoms. The average Bonchev–Trinajstić information content (AvgIpc) is 2.35. The van der Waals surface area contributed by atoms with E-state index in [-0.39, 0.29) is 0 Å². The Hall–Kier alpha value is -0.890. The number of aromatic nitrogens is 1. The van der Waals surface area contributed by atoms with Crippen molar-refractivity contribution in [1.82, 2.24) is 10.3 Å². The van der Waals surface area contributed by atoms with E-state index in [2.05, 4.69) is 23.3 Å². The van der Waals surface area contributed by atoms with Crippen LogP contribution in [0.4, 0.5) is 0 Å². The fraction of sp³-hybridized carbons (Fsp3) is 0.706. The Bertz CT molecular complexity index is 445. The fourth-order valence-electron chi connectivity index (χ4n) is 5.33. The molecule has 4 saturated carbocycles. The van der Waals surface area contributed by atoms with Gasteiger partial charge in [0.1, 0.15) is 0 Å². The molecule has 4 aliphatic carbocycles. The Morgan fingerprint density at radius 2 is 1.74 bits per heavy atom. The summed E-state index contributed by atoms with van der Waals surface area (Å²) in [5.74, 6) is 3.07. The molecule has 1 N–H and O–H groups in total. The monoisotopic (exact) mass is 256 g/mol. The summed E-state index contributed by atoms with van der Waals surface area (Å²) in [6.45, 7) is 3.13. The first-order valence-electron chi connectivity index (χ1n) is 7.86. The van der Waals surface area contributed by atoms with Crippen molar-refractivity contribution in [3.63, 3.8) is 0 Å². The van der Waals surface area contributed by atoms with E-state index < -0.39 is 0 Å². The summed E-state index contributed by atoms with van der Waals surface area (Å²) < 4.78 is 0. The summed E-state index contributed by atoms with van der Waals surface area (Å²) in [5, 5.41) is 3.93. The Morgan fingerprint density at radius 3 is 2.32 bits per heavy atom. The van der Waals surface area contributed by atoms with Crippen molar-refractivity contribution in [2.24, 2.45) is 17.8 Å². The molecule has 1 aromatic rings. The smallest absolute Gasteiger partial charge is 0.0313 e. The Kier molecular flexibility index (Phi) is 2.70. The van der Waals surface area contributed by atoms with Crippen molar-refractivity contribution in [2.45, 2.75) is 57.5 Å². The highest BCUT2D eigenvalue weighted by molar-refractivity contribution is 5.17. The zero-order valence-corrected chi connectivity index (χ0v) is 11.9. The molecule has 5 rings (SSSR count). The van der Waals surface area contributed by atoms with Gasteiger partial charge in [-0.1, -0.05) is 6.07 Å². The van der Waals surface area contributed by atoms with Gasteiger partial charge in [0.05, 0.1) is 0 Å². The van der Waals surface area contributed by atoms with Crippen LogP contribution >= 0.6 is 0 Å². The lowest BCUT2D eigenvalue weighted by molar-refractivity contribution is -0.0206. The lowest BCUT2D eigenvalue weighted by Crippen LogP contribution is -2.58. The van der Waals surface area contributed by atoms with Gasteiger partial charge in [-0.25, -0.2) is 0 Å². The molecule has 19 heavy (non-hydrogen) atoms. The predicted octanol–water partition coefficient (Wildman–Crippen LogP) is 3.45. The second kappa shape index (κ2) is 4.31. The molecule has 0 aromatic carbocycles. The van der Waals surface area contributed by atoms with E-state index in [1.807, 2.05) is 12.4 Å². The molecule has 1 heterocycles. The Balaban J connectivity index is 1.48. The van der Waals surface area contributed by atoms with Gasteiger partial charge in [-0.2, -0.15) is 0 Å². The molecule has 0 unspecified atom stereocenters. The minimum absolute atomic E-state index is 0.471. The van der Waals surface area contributed by atoms with E-state index in [0.29, 0.717) is 5.54 Å². The molecule has 0 saturated heterocycles. The lowest BCUT2D eigenvalue weighted by Gasteiger charge is -2.57. The summed E-state index contributed by atoms with van der Waals surface area (Å²) in [6, 6.07) is 2.26. The molecule has 4 aliphatic rings. The first kappa shape index (κ1) is 11.9. The van der Waals surface area contributed by atoms with Crippen molar-refractivity contribution in [1.29, 1.82) is 0 Å². The maximum absolute atomic E-state index is 4.31. The number of pyridine rings is 1. The molecule has 4 fully saturated rings. The molecule has 0 atom stereocenters. The minimum Gasteiger partial charge on any atom is -0.307 e. The highest BCUT2D eigenvalue weighted by Gasteiger charge is 2.50. The summed E-state index contributed by atoms with van der Waals surface area (Å²) in [4.78, 5) is 4.31. The van der Waals surface area contributed by atoms with Crippen LogP contribution in [0.25, 0.3) is 0 Å². The number of rotatable bonds is 3. The zero-order chi connectivity index (χ0) is 12.9. The van der Waals surface area contributed by atoms with Gasteiger partial charge in [-0.05, 0) is 74.3 Å². The SMILES string of the molecule is Cc1cncc(CNC23CC4CC(CC(C4)C2)C3)c1. The van der Waals surface area contributed by atoms with E-state index in [1.165, 1.54) is 49.7 Å². The van der Waals surface area contributed by atoms with E-state index in [9.17, 15) is 0 Å². The molecule has 1 aromatic heterocycles. The third-order valence-corrected chi connectivity index (χ3v) is 5.64. The van der Waals surface area contributed by atoms with Crippen LogP contribution in [0.5, 0.6) is 0 Å². The number of hydrogen-bond acceptors (Lipinski definition) is 2. The number of hydrogen-bond donors (Lipinski definition) is 1. The van der Waals surface area contributed by atoms with Crippen molar-refractivity contribution >= 4 is 0 Å². The summed E-state index contributed by atoms with van der Waals surface area (Å²) >= 11 is 0. The van der Waals surface area contributed by atoms with Crippen molar-refractivity contribution < 1.29 is 0 Å². The maximum atomic E-state index is 4.31. The molecule has 0 radical (unpaired) electrons. The molecular weight excluding hydrogens is 232 g/mol. The van der Waals surface area contributed by atoms with E-state index >= 15 is 0 Å². The normalized spacial score (nSPS) is 39.7. The first-order chi connectivity index (χ1) is 9.21. The second-order valence-corrected chi connectivity index (χ2v) is 7.42. The quantitative estimate of drug-likeness (QED) is 0.896. The predicted molar refractivity (Wildman–Crippen MR) is 76.7 cm³/mol. The minimum atomic E-state index is 0.471. The molecule has 4 bridgehead atoms. The number of aryl methyl sites for hydroxylation is 1. The van der Waals surface area contributed by atoms with Gasteiger partial charge in [-0.3, -0.25) is 4.98 Å². The fourth-order valence-corrected chi connectivity index (χ4v) is 5.33. The Morgan fingerprint density at radius 1 is 1.11 bits per heavy atom.